The van der Waals surface area contributed by atoms with Gasteiger partial charge >= 0.3 is 6.01 Å². The van der Waals surface area contributed by atoms with Crippen LogP contribution in [0.3, 0.4) is 0 Å². The molecule has 1 aromatic carbocycles. The average Bonchev–Trinajstić information content (AvgIpc) is 3.05. The Morgan fingerprint density at radius 2 is 2.21 bits per heavy atom. The first kappa shape index (κ1) is 16.5. The van der Waals surface area contributed by atoms with Crippen LogP contribution in [0.5, 0.6) is 5.75 Å². The SMILES string of the molecule is C=C(C)CN1CCC(Nc2nc(-c3cccc(OC)c3)no2)CC1. The first-order valence-corrected chi connectivity index (χ1v) is 8.25. The van der Waals surface area contributed by atoms with E-state index in [9.17, 15) is 0 Å². The van der Waals surface area contributed by atoms with E-state index in [-0.39, 0.29) is 0 Å². The van der Waals surface area contributed by atoms with Crippen LogP contribution in [0.2, 0.25) is 0 Å². The Labute approximate surface area is 142 Å². The third-order valence-corrected chi connectivity index (χ3v) is 4.16. The number of piperidine rings is 1. The minimum absolute atomic E-state index is 0.366. The van der Waals surface area contributed by atoms with E-state index in [2.05, 4.69) is 33.9 Å². The summed E-state index contributed by atoms with van der Waals surface area (Å²) in [4.78, 5) is 6.87. The number of aromatic nitrogens is 2. The number of ether oxygens (including phenoxy) is 1. The lowest BCUT2D eigenvalue weighted by molar-refractivity contribution is 0.234. The number of anilines is 1. The van der Waals surface area contributed by atoms with Crippen LogP contribution >= 0.6 is 0 Å². The molecule has 3 rings (SSSR count). The highest BCUT2D eigenvalue weighted by Gasteiger charge is 2.21. The topological polar surface area (TPSA) is 63.4 Å². The maximum Gasteiger partial charge on any atom is 0.322 e. The van der Waals surface area contributed by atoms with Crippen LogP contribution in [-0.2, 0) is 0 Å². The number of rotatable bonds is 6. The fourth-order valence-electron chi connectivity index (χ4n) is 2.95. The fraction of sp³-hybridized carbons (Fsp3) is 0.444. The first-order valence-electron chi connectivity index (χ1n) is 8.25. The summed E-state index contributed by atoms with van der Waals surface area (Å²) in [7, 11) is 1.64. The Kier molecular flexibility index (Phi) is 5.15. The van der Waals surface area contributed by atoms with Gasteiger partial charge in [-0.2, -0.15) is 4.98 Å². The quantitative estimate of drug-likeness (QED) is 0.822. The first-order chi connectivity index (χ1) is 11.6. The van der Waals surface area contributed by atoms with E-state index in [4.69, 9.17) is 9.26 Å². The van der Waals surface area contributed by atoms with Crippen molar-refractivity contribution in [1.29, 1.82) is 0 Å². The summed E-state index contributed by atoms with van der Waals surface area (Å²) < 4.78 is 10.6. The summed E-state index contributed by atoms with van der Waals surface area (Å²) in [6, 6.07) is 8.48. The Balaban J connectivity index is 1.58. The number of hydrogen-bond acceptors (Lipinski definition) is 6. The highest BCUT2D eigenvalue weighted by Crippen LogP contribution is 2.23. The van der Waals surface area contributed by atoms with Gasteiger partial charge in [-0.05, 0) is 31.9 Å². The molecule has 6 nitrogen and oxygen atoms in total. The lowest BCUT2D eigenvalue weighted by Gasteiger charge is -2.31. The number of hydrogen-bond donors (Lipinski definition) is 1. The number of nitrogens with one attached hydrogen (secondary N) is 1. The van der Waals surface area contributed by atoms with Crippen LogP contribution in [-0.4, -0.2) is 47.8 Å². The molecule has 0 spiro atoms. The minimum atomic E-state index is 0.366. The number of nitrogens with zero attached hydrogens (tertiary/aromatic N) is 3. The second-order valence-corrected chi connectivity index (χ2v) is 6.31. The van der Waals surface area contributed by atoms with Gasteiger partial charge in [-0.1, -0.05) is 29.4 Å². The van der Waals surface area contributed by atoms with E-state index in [1.54, 1.807) is 7.11 Å². The summed E-state index contributed by atoms with van der Waals surface area (Å²) in [5, 5.41) is 7.41. The molecule has 1 N–H and O–H groups in total. The molecule has 6 heteroatoms. The third-order valence-electron chi connectivity index (χ3n) is 4.16. The van der Waals surface area contributed by atoms with Gasteiger partial charge in [0.2, 0.25) is 5.82 Å². The van der Waals surface area contributed by atoms with Crippen LogP contribution in [0.25, 0.3) is 11.4 Å². The van der Waals surface area contributed by atoms with E-state index >= 15 is 0 Å². The van der Waals surface area contributed by atoms with Crippen molar-refractivity contribution < 1.29 is 9.26 Å². The molecule has 1 saturated heterocycles. The molecule has 0 atom stereocenters. The number of likely N-dealkylation sites (tertiary alicyclic amines) is 1. The van der Waals surface area contributed by atoms with E-state index in [1.807, 2.05) is 24.3 Å². The van der Waals surface area contributed by atoms with Crippen molar-refractivity contribution in [3.8, 4) is 17.1 Å². The van der Waals surface area contributed by atoms with Gasteiger partial charge in [-0.25, -0.2) is 0 Å². The van der Waals surface area contributed by atoms with E-state index < -0.39 is 0 Å². The lowest BCUT2D eigenvalue weighted by Crippen LogP contribution is -2.39. The van der Waals surface area contributed by atoms with Gasteiger partial charge in [0.25, 0.3) is 0 Å². The van der Waals surface area contributed by atoms with E-state index in [1.165, 1.54) is 5.57 Å². The molecule has 0 aliphatic carbocycles. The van der Waals surface area contributed by atoms with Crippen molar-refractivity contribution in [1.82, 2.24) is 15.0 Å². The normalized spacial score (nSPS) is 16.1. The predicted octanol–water partition coefficient (Wildman–Crippen LogP) is 3.20. The summed E-state index contributed by atoms with van der Waals surface area (Å²) >= 11 is 0. The Bertz CT molecular complexity index is 690. The molecule has 0 unspecified atom stereocenters. The van der Waals surface area contributed by atoms with Crippen molar-refractivity contribution in [2.75, 3.05) is 32.1 Å². The molecule has 2 aromatic rings. The molecule has 0 amide bonds. The van der Waals surface area contributed by atoms with Crippen LogP contribution in [0.1, 0.15) is 19.8 Å². The summed E-state index contributed by atoms with van der Waals surface area (Å²) in [6.07, 6.45) is 2.12. The summed E-state index contributed by atoms with van der Waals surface area (Å²) in [6.45, 7) is 9.15. The van der Waals surface area contributed by atoms with Gasteiger partial charge in [0.05, 0.1) is 7.11 Å². The predicted molar refractivity (Wildman–Crippen MR) is 94.2 cm³/mol. The average molecular weight is 328 g/mol. The highest BCUT2D eigenvalue weighted by atomic mass is 16.5. The third kappa shape index (κ3) is 4.14. The zero-order chi connectivity index (χ0) is 16.9. The van der Waals surface area contributed by atoms with Gasteiger partial charge < -0.3 is 14.6 Å². The molecule has 1 aliphatic heterocycles. The molecule has 2 heterocycles. The molecule has 0 saturated carbocycles. The molecular weight excluding hydrogens is 304 g/mol. The van der Waals surface area contributed by atoms with Gasteiger partial charge in [0.1, 0.15) is 5.75 Å². The second kappa shape index (κ2) is 7.49. The Morgan fingerprint density at radius 1 is 1.42 bits per heavy atom. The standard InChI is InChI=1S/C18H24N4O2/c1-13(2)12-22-9-7-15(8-10-22)19-18-20-17(21-24-18)14-5-4-6-16(11-14)23-3/h4-6,11,15H,1,7-10,12H2,2-3H3,(H,19,20,21). The van der Waals surface area contributed by atoms with Crippen molar-refractivity contribution >= 4 is 6.01 Å². The zero-order valence-electron chi connectivity index (χ0n) is 14.3. The number of methoxy groups -OCH3 is 1. The molecule has 1 fully saturated rings. The smallest absolute Gasteiger partial charge is 0.322 e. The highest BCUT2D eigenvalue weighted by molar-refractivity contribution is 5.57. The van der Waals surface area contributed by atoms with Crippen molar-refractivity contribution in [3.05, 3.63) is 36.4 Å². The zero-order valence-corrected chi connectivity index (χ0v) is 14.3. The van der Waals surface area contributed by atoms with Crippen molar-refractivity contribution in [2.45, 2.75) is 25.8 Å². The molecule has 24 heavy (non-hydrogen) atoms. The van der Waals surface area contributed by atoms with E-state index in [0.29, 0.717) is 17.9 Å². The molecular formula is C18H24N4O2. The molecule has 1 aromatic heterocycles. The van der Waals surface area contributed by atoms with Crippen LogP contribution < -0.4 is 10.1 Å². The summed E-state index contributed by atoms with van der Waals surface area (Å²) in [5.41, 5.74) is 2.09. The van der Waals surface area contributed by atoms with Crippen LogP contribution in [0.15, 0.2) is 40.9 Å². The Hall–Kier alpha value is -2.34. The fourth-order valence-corrected chi connectivity index (χ4v) is 2.95. The van der Waals surface area contributed by atoms with Crippen molar-refractivity contribution in [3.63, 3.8) is 0 Å². The van der Waals surface area contributed by atoms with Crippen LogP contribution in [0, 0.1) is 0 Å². The molecule has 128 valence electrons. The maximum absolute atomic E-state index is 5.35. The lowest BCUT2D eigenvalue weighted by atomic mass is 10.0. The largest absolute Gasteiger partial charge is 0.497 e. The van der Waals surface area contributed by atoms with Gasteiger partial charge in [-0.3, -0.25) is 4.90 Å². The van der Waals surface area contributed by atoms with Crippen LogP contribution in [0.4, 0.5) is 6.01 Å². The second-order valence-electron chi connectivity index (χ2n) is 6.31. The molecule has 1 aliphatic rings. The monoisotopic (exact) mass is 328 g/mol. The summed E-state index contributed by atoms with van der Waals surface area (Å²) in [5.74, 6) is 1.34. The van der Waals surface area contributed by atoms with Crippen molar-refractivity contribution in [2.24, 2.45) is 0 Å². The van der Waals surface area contributed by atoms with E-state index in [0.717, 1.165) is 43.8 Å². The minimum Gasteiger partial charge on any atom is -0.497 e. The molecule has 0 bridgehead atoms. The van der Waals surface area contributed by atoms with Gasteiger partial charge in [0, 0.05) is 31.2 Å². The van der Waals surface area contributed by atoms with Gasteiger partial charge in [0.15, 0.2) is 0 Å². The van der Waals surface area contributed by atoms with Gasteiger partial charge in [-0.15, -0.1) is 0 Å². The Morgan fingerprint density at radius 3 is 2.92 bits per heavy atom. The number of benzene rings is 1. The maximum atomic E-state index is 5.35. The molecule has 0 radical (unpaired) electrons.